The average molecular weight is 293 g/mol. The molecule has 3 N–H and O–H groups in total. The zero-order valence-electron chi connectivity index (χ0n) is 11.2. The number of aromatic nitrogens is 1. The second-order valence-corrected chi connectivity index (χ2v) is 4.12. The maximum Gasteiger partial charge on any atom is 0.340 e. The average Bonchev–Trinajstić information content (AvgIpc) is 2.40. The van der Waals surface area contributed by atoms with Gasteiger partial charge in [0.15, 0.2) is 5.82 Å². The molecule has 0 aliphatic heterocycles. The summed E-state index contributed by atoms with van der Waals surface area (Å²) in [6.07, 6.45) is 1.35. The van der Waals surface area contributed by atoms with Crippen LogP contribution in [0.3, 0.4) is 0 Å². The van der Waals surface area contributed by atoms with E-state index in [1.54, 1.807) is 6.92 Å². The first-order chi connectivity index (χ1) is 10.0. The Kier molecular flexibility index (Phi) is 4.32. The fourth-order valence-electron chi connectivity index (χ4n) is 1.72. The number of rotatable bonds is 4. The van der Waals surface area contributed by atoms with Gasteiger partial charge in [-0.25, -0.2) is 18.6 Å². The lowest BCUT2D eigenvalue weighted by molar-refractivity contribution is 0.0527. The number of nitrogen functional groups attached to an aromatic ring is 1. The van der Waals surface area contributed by atoms with Gasteiger partial charge in [-0.05, 0) is 25.1 Å². The first-order valence-corrected chi connectivity index (χ1v) is 6.16. The highest BCUT2D eigenvalue weighted by Gasteiger charge is 2.15. The van der Waals surface area contributed by atoms with E-state index in [1.807, 2.05) is 0 Å². The van der Waals surface area contributed by atoms with Crippen LogP contribution < -0.4 is 11.1 Å². The standard InChI is InChI=1S/C14H13F2N3O2/c1-2-21-14(20)11-3-4-18-13(12(11)17)19-10-6-8(15)5-9(16)7-10/h3-7H,2,17H2,1H3,(H,18,19). The van der Waals surface area contributed by atoms with Crippen molar-refractivity contribution in [2.75, 3.05) is 17.7 Å². The molecule has 2 rings (SSSR count). The van der Waals surface area contributed by atoms with Crippen molar-refractivity contribution in [1.82, 2.24) is 4.98 Å². The lowest BCUT2D eigenvalue weighted by Gasteiger charge is -2.11. The quantitative estimate of drug-likeness (QED) is 0.848. The van der Waals surface area contributed by atoms with E-state index in [0.717, 1.165) is 18.2 Å². The van der Waals surface area contributed by atoms with Gasteiger partial charge in [-0.15, -0.1) is 0 Å². The normalized spacial score (nSPS) is 10.2. The predicted octanol–water partition coefficient (Wildman–Crippen LogP) is 2.86. The van der Waals surface area contributed by atoms with Crippen molar-refractivity contribution >= 4 is 23.2 Å². The van der Waals surface area contributed by atoms with Crippen LogP contribution >= 0.6 is 0 Å². The van der Waals surface area contributed by atoms with E-state index >= 15 is 0 Å². The molecular formula is C14H13F2N3O2. The number of carbonyl (C=O) groups is 1. The van der Waals surface area contributed by atoms with Gasteiger partial charge in [-0.1, -0.05) is 0 Å². The Bertz CT molecular complexity index is 657. The molecule has 1 aromatic carbocycles. The second-order valence-electron chi connectivity index (χ2n) is 4.12. The third-order valence-electron chi connectivity index (χ3n) is 2.61. The highest BCUT2D eigenvalue weighted by Crippen LogP contribution is 2.25. The summed E-state index contributed by atoms with van der Waals surface area (Å²) >= 11 is 0. The van der Waals surface area contributed by atoms with Gasteiger partial charge in [0.2, 0.25) is 0 Å². The van der Waals surface area contributed by atoms with Crippen molar-refractivity contribution in [2.24, 2.45) is 0 Å². The van der Waals surface area contributed by atoms with Gasteiger partial charge in [0.25, 0.3) is 0 Å². The van der Waals surface area contributed by atoms with E-state index in [0.29, 0.717) is 0 Å². The van der Waals surface area contributed by atoms with E-state index in [1.165, 1.54) is 12.3 Å². The summed E-state index contributed by atoms with van der Waals surface area (Å²) < 4.78 is 31.1. The number of carbonyl (C=O) groups excluding carboxylic acids is 1. The molecule has 1 aromatic heterocycles. The van der Waals surface area contributed by atoms with Crippen molar-refractivity contribution in [3.63, 3.8) is 0 Å². The molecule has 0 saturated carbocycles. The molecule has 0 bridgehead atoms. The monoisotopic (exact) mass is 293 g/mol. The summed E-state index contributed by atoms with van der Waals surface area (Å²) in [5, 5.41) is 2.67. The van der Waals surface area contributed by atoms with E-state index in [2.05, 4.69) is 10.3 Å². The fourth-order valence-corrected chi connectivity index (χ4v) is 1.72. The molecule has 0 amide bonds. The first kappa shape index (κ1) is 14.7. The molecule has 0 aliphatic rings. The van der Waals surface area contributed by atoms with Crippen molar-refractivity contribution in [3.05, 3.63) is 47.7 Å². The zero-order valence-corrected chi connectivity index (χ0v) is 11.2. The molecule has 5 nitrogen and oxygen atoms in total. The number of pyridine rings is 1. The van der Waals surface area contributed by atoms with E-state index in [-0.39, 0.29) is 29.4 Å². The van der Waals surface area contributed by atoms with Crippen LogP contribution in [0.25, 0.3) is 0 Å². The topological polar surface area (TPSA) is 77.2 Å². The summed E-state index contributed by atoms with van der Waals surface area (Å²) in [5.41, 5.74) is 6.13. The van der Waals surface area contributed by atoms with Crippen molar-refractivity contribution in [2.45, 2.75) is 6.92 Å². The molecule has 0 aliphatic carbocycles. The van der Waals surface area contributed by atoms with Crippen LogP contribution in [0.4, 0.5) is 26.0 Å². The number of hydrogen-bond acceptors (Lipinski definition) is 5. The second kappa shape index (κ2) is 6.17. The Balaban J connectivity index is 2.32. The number of nitrogens with two attached hydrogens (primary N) is 1. The van der Waals surface area contributed by atoms with E-state index in [4.69, 9.17) is 10.5 Å². The molecule has 1 heterocycles. The highest BCUT2D eigenvalue weighted by molar-refractivity contribution is 5.98. The molecule has 7 heteroatoms. The van der Waals surface area contributed by atoms with Crippen molar-refractivity contribution in [3.8, 4) is 0 Å². The van der Waals surface area contributed by atoms with Gasteiger partial charge in [0.05, 0.1) is 17.9 Å². The van der Waals surface area contributed by atoms with Crippen LogP contribution in [0.1, 0.15) is 17.3 Å². The zero-order chi connectivity index (χ0) is 15.4. The van der Waals surface area contributed by atoms with Crippen LogP contribution in [0.2, 0.25) is 0 Å². The van der Waals surface area contributed by atoms with Gasteiger partial charge < -0.3 is 15.8 Å². The molecule has 110 valence electrons. The Labute approximate surface area is 119 Å². The Morgan fingerprint density at radius 1 is 1.33 bits per heavy atom. The summed E-state index contributed by atoms with van der Waals surface area (Å²) in [6, 6.07) is 4.32. The van der Waals surface area contributed by atoms with Crippen LogP contribution in [0, 0.1) is 11.6 Å². The maximum atomic E-state index is 13.1. The van der Waals surface area contributed by atoms with Gasteiger partial charge >= 0.3 is 5.97 Å². The minimum atomic E-state index is -0.738. The fraction of sp³-hybridized carbons (Fsp3) is 0.143. The SMILES string of the molecule is CCOC(=O)c1ccnc(Nc2cc(F)cc(F)c2)c1N. The summed E-state index contributed by atoms with van der Waals surface area (Å²) in [6.45, 7) is 1.88. The third-order valence-corrected chi connectivity index (χ3v) is 2.61. The minimum absolute atomic E-state index is 0.0422. The summed E-state index contributed by atoms with van der Waals surface area (Å²) in [5.74, 6) is -1.95. The summed E-state index contributed by atoms with van der Waals surface area (Å²) in [7, 11) is 0. The van der Waals surface area contributed by atoms with E-state index in [9.17, 15) is 13.6 Å². The summed E-state index contributed by atoms with van der Waals surface area (Å²) in [4.78, 5) is 15.6. The minimum Gasteiger partial charge on any atom is -0.462 e. The number of halogens is 2. The molecule has 0 saturated heterocycles. The lowest BCUT2D eigenvalue weighted by atomic mass is 10.2. The number of anilines is 3. The van der Waals surface area contributed by atoms with Crippen molar-refractivity contribution < 1.29 is 18.3 Å². The molecular weight excluding hydrogens is 280 g/mol. The van der Waals surface area contributed by atoms with Gasteiger partial charge in [0, 0.05) is 18.0 Å². The molecule has 0 unspecified atom stereocenters. The number of benzene rings is 1. The number of ether oxygens (including phenoxy) is 1. The van der Waals surface area contributed by atoms with Crippen molar-refractivity contribution in [1.29, 1.82) is 0 Å². The largest absolute Gasteiger partial charge is 0.462 e. The Morgan fingerprint density at radius 2 is 2.00 bits per heavy atom. The van der Waals surface area contributed by atoms with Crippen LogP contribution in [0.5, 0.6) is 0 Å². The number of nitrogens with zero attached hydrogens (tertiary/aromatic N) is 1. The molecule has 2 aromatic rings. The first-order valence-electron chi connectivity index (χ1n) is 6.16. The number of nitrogens with one attached hydrogen (secondary N) is 1. The van der Waals surface area contributed by atoms with Gasteiger partial charge in [-0.2, -0.15) is 0 Å². The third kappa shape index (κ3) is 3.44. The van der Waals surface area contributed by atoms with Gasteiger partial charge in [0.1, 0.15) is 11.6 Å². The smallest absolute Gasteiger partial charge is 0.340 e. The number of hydrogen-bond donors (Lipinski definition) is 2. The van der Waals surface area contributed by atoms with E-state index < -0.39 is 17.6 Å². The highest BCUT2D eigenvalue weighted by atomic mass is 19.1. The Hall–Kier alpha value is -2.70. The van der Waals surface area contributed by atoms with Crippen LogP contribution in [-0.2, 0) is 4.74 Å². The lowest BCUT2D eigenvalue weighted by Crippen LogP contribution is -2.10. The molecule has 0 radical (unpaired) electrons. The molecule has 21 heavy (non-hydrogen) atoms. The Morgan fingerprint density at radius 3 is 2.62 bits per heavy atom. The molecule has 0 atom stereocenters. The van der Waals surface area contributed by atoms with Gasteiger partial charge in [-0.3, -0.25) is 0 Å². The maximum absolute atomic E-state index is 13.1. The predicted molar refractivity (Wildman–Crippen MR) is 74.2 cm³/mol. The van der Waals surface area contributed by atoms with Crippen LogP contribution in [-0.4, -0.2) is 17.6 Å². The molecule has 0 spiro atoms. The molecule has 0 fully saturated rings. The van der Waals surface area contributed by atoms with Crippen LogP contribution in [0.15, 0.2) is 30.5 Å². The number of esters is 1.